The van der Waals surface area contributed by atoms with Crippen LogP contribution in [0.3, 0.4) is 0 Å². The molecule has 0 unspecified atom stereocenters. The Labute approximate surface area is 127 Å². The van der Waals surface area contributed by atoms with E-state index in [1.54, 1.807) is 24.3 Å². The smallest absolute Gasteiger partial charge is 0.408 e. The monoisotopic (exact) mass is 309 g/mol. The minimum Gasteiger partial charge on any atom is -0.445 e. The Bertz CT molecular complexity index is 520. The molecule has 1 rings (SSSR count). The molecule has 0 radical (unpaired) electrons. The van der Waals surface area contributed by atoms with Crippen LogP contribution < -0.4 is 16.4 Å². The molecule has 0 spiro atoms. The van der Waals surface area contributed by atoms with E-state index in [0.717, 1.165) is 5.56 Å². The summed E-state index contributed by atoms with van der Waals surface area (Å²) in [7, 11) is 0. The van der Waals surface area contributed by atoms with Gasteiger partial charge in [0.2, 0.25) is 11.8 Å². The van der Waals surface area contributed by atoms with Gasteiger partial charge in [-0.25, -0.2) is 4.79 Å². The topological polar surface area (TPSA) is 131 Å². The van der Waals surface area contributed by atoms with E-state index in [0.29, 0.717) is 0 Å². The van der Waals surface area contributed by atoms with Gasteiger partial charge in [-0.2, -0.15) is 0 Å². The van der Waals surface area contributed by atoms with Crippen molar-refractivity contribution in [1.29, 1.82) is 0 Å². The highest BCUT2D eigenvalue weighted by Crippen LogP contribution is 2.00. The van der Waals surface area contributed by atoms with Crippen LogP contribution in [0.2, 0.25) is 0 Å². The quantitative estimate of drug-likeness (QED) is 0.527. The van der Waals surface area contributed by atoms with E-state index >= 15 is 0 Å². The number of carbonyl (C=O) groups excluding carboxylic acids is 3. The van der Waals surface area contributed by atoms with Crippen LogP contribution >= 0.6 is 0 Å². The van der Waals surface area contributed by atoms with Gasteiger partial charge >= 0.3 is 6.09 Å². The number of amides is 3. The van der Waals surface area contributed by atoms with Gasteiger partial charge in [-0.3, -0.25) is 9.59 Å². The molecule has 0 aromatic heterocycles. The van der Waals surface area contributed by atoms with E-state index in [1.807, 2.05) is 6.07 Å². The first-order valence-corrected chi connectivity index (χ1v) is 6.61. The van der Waals surface area contributed by atoms with Gasteiger partial charge in [-0.05, 0) is 12.5 Å². The minimum atomic E-state index is -1.23. The Morgan fingerprint density at radius 1 is 1.23 bits per heavy atom. The van der Waals surface area contributed by atoms with Crippen molar-refractivity contribution in [2.45, 2.75) is 25.6 Å². The molecule has 0 heterocycles. The molecule has 0 aliphatic carbocycles. The summed E-state index contributed by atoms with van der Waals surface area (Å²) in [5, 5.41) is 13.6. The number of nitrogens with one attached hydrogen (secondary N) is 2. The van der Waals surface area contributed by atoms with Crippen LogP contribution in [0.4, 0.5) is 4.79 Å². The number of primary amides is 1. The van der Waals surface area contributed by atoms with Gasteiger partial charge in [-0.1, -0.05) is 30.3 Å². The molecule has 8 nitrogen and oxygen atoms in total. The van der Waals surface area contributed by atoms with E-state index in [9.17, 15) is 14.4 Å². The van der Waals surface area contributed by atoms with Crippen LogP contribution in [0.25, 0.3) is 0 Å². The first-order valence-electron chi connectivity index (χ1n) is 6.61. The van der Waals surface area contributed by atoms with Gasteiger partial charge in [0.05, 0.1) is 6.61 Å². The van der Waals surface area contributed by atoms with Gasteiger partial charge in [0.15, 0.2) is 0 Å². The SMILES string of the molecule is C[C@H](NC(=O)[C@H](CO)NC(=O)OCc1ccccc1)C(N)=O. The van der Waals surface area contributed by atoms with Crippen molar-refractivity contribution in [3.05, 3.63) is 35.9 Å². The fourth-order valence-corrected chi connectivity index (χ4v) is 1.49. The highest BCUT2D eigenvalue weighted by atomic mass is 16.5. The van der Waals surface area contributed by atoms with Crippen LogP contribution in [0.5, 0.6) is 0 Å². The first kappa shape index (κ1) is 17.4. The van der Waals surface area contributed by atoms with Gasteiger partial charge < -0.3 is 26.2 Å². The molecule has 0 bridgehead atoms. The van der Waals surface area contributed by atoms with Crippen molar-refractivity contribution < 1.29 is 24.2 Å². The lowest BCUT2D eigenvalue weighted by Crippen LogP contribution is -2.53. The predicted octanol–water partition coefficient (Wildman–Crippen LogP) is -0.736. The zero-order chi connectivity index (χ0) is 16.5. The molecule has 0 aliphatic rings. The molecule has 0 aliphatic heterocycles. The Kier molecular flexibility index (Phi) is 6.84. The maximum Gasteiger partial charge on any atom is 0.408 e. The summed E-state index contributed by atoms with van der Waals surface area (Å²) in [4.78, 5) is 34.2. The number of benzene rings is 1. The van der Waals surface area contributed by atoms with Crippen LogP contribution in [-0.2, 0) is 20.9 Å². The molecule has 8 heteroatoms. The number of aliphatic hydroxyl groups excluding tert-OH is 1. The maximum absolute atomic E-state index is 11.7. The summed E-state index contributed by atoms with van der Waals surface area (Å²) in [6.07, 6.45) is -0.857. The summed E-state index contributed by atoms with van der Waals surface area (Å²) in [5.41, 5.74) is 5.79. The highest BCUT2D eigenvalue weighted by Gasteiger charge is 2.23. The van der Waals surface area contributed by atoms with Crippen LogP contribution in [-0.4, -0.2) is 41.7 Å². The fraction of sp³-hybridized carbons (Fsp3) is 0.357. The average Bonchev–Trinajstić information content (AvgIpc) is 2.51. The van der Waals surface area contributed by atoms with E-state index in [1.165, 1.54) is 6.92 Å². The van der Waals surface area contributed by atoms with E-state index in [-0.39, 0.29) is 6.61 Å². The number of hydrogen-bond acceptors (Lipinski definition) is 5. The number of ether oxygens (including phenoxy) is 1. The minimum absolute atomic E-state index is 0.0319. The highest BCUT2D eigenvalue weighted by molar-refractivity contribution is 5.90. The molecule has 3 amide bonds. The first-order chi connectivity index (χ1) is 10.4. The summed E-state index contributed by atoms with van der Waals surface area (Å²) in [6, 6.07) is 6.83. The van der Waals surface area contributed by atoms with E-state index in [2.05, 4.69) is 10.6 Å². The van der Waals surface area contributed by atoms with Gasteiger partial charge in [0.25, 0.3) is 0 Å². The third-order valence-corrected chi connectivity index (χ3v) is 2.79. The van der Waals surface area contributed by atoms with E-state index < -0.39 is 36.6 Å². The lowest BCUT2D eigenvalue weighted by molar-refractivity contribution is -0.128. The Morgan fingerprint density at radius 3 is 2.41 bits per heavy atom. The standard InChI is InChI=1S/C14H19N3O5/c1-9(12(15)19)16-13(20)11(7-18)17-14(21)22-8-10-5-3-2-4-6-10/h2-6,9,11,18H,7-8H2,1H3,(H2,15,19)(H,16,20)(H,17,21)/t9-,11-/m0/s1. The summed E-state index contributed by atoms with van der Waals surface area (Å²) < 4.78 is 4.93. The van der Waals surface area contributed by atoms with Crippen LogP contribution in [0.1, 0.15) is 12.5 Å². The Hall–Kier alpha value is -2.61. The Balaban J connectivity index is 2.45. The second-order valence-corrected chi connectivity index (χ2v) is 4.57. The number of rotatable bonds is 7. The zero-order valence-electron chi connectivity index (χ0n) is 12.1. The third-order valence-electron chi connectivity index (χ3n) is 2.79. The molecule has 0 saturated heterocycles. The van der Waals surface area contributed by atoms with Crippen molar-refractivity contribution in [2.24, 2.45) is 5.73 Å². The molecule has 120 valence electrons. The van der Waals surface area contributed by atoms with Crippen molar-refractivity contribution in [3.8, 4) is 0 Å². The number of nitrogens with two attached hydrogens (primary N) is 1. The fourth-order valence-electron chi connectivity index (χ4n) is 1.49. The van der Waals surface area contributed by atoms with Gasteiger partial charge in [0.1, 0.15) is 18.7 Å². The second-order valence-electron chi connectivity index (χ2n) is 4.57. The zero-order valence-corrected chi connectivity index (χ0v) is 12.1. The van der Waals surface area contributed by atoms with Gasteiger partial charge in [-0.15, -0.1) is 0 Å². The van der Waals surface area contributed by atoms with Crippen molar-refractivity contribution in [2.75, 3.05) is 6.61 Å². The predicted molar refractivity (Wildman–Crippen MR) is 77.4 cm³/mol. The van der Waals surface area contributed by atoms with Crippen LogP contribution in [0.15, 0.2) is 30.3 Å². The number of aliphatic hydroxyl groups is 1. The third kappa shape index (κ3) is 5.80. The summed E-state index contributed by atoms with van der Waals surface area (Å²) in [5.74, 6) is -1.46. The Morgan fingerprint density at radius 2 is 1.86 bits per heavy atom. The molecular formula is C14H19N3O5. The summed E-state index contributed by atoms with van der Waals surface area (Å²) in [6.45, 7) is 0.782. The second kappa shape index (κ2) is 8.63. The summed E-state index contributed by atoms with van der Waals surface area (Å²) >= 11 is 0. The maximum atomic E-state index is 11.7. The lowest BCUT2D eigenvalue weighted by atomic mass is 10.2. The van der Waals surface area contributed by atoms with Crippen LogP contribution in [0, 0.1) is 0 Å². The molecule has 0 fully saturated rings. The number of alkyl carbamates (subject to hydrolysis) is 1. The molecule has 0 saturated carbocycles. The van der Waals surface area contributed by atoms with Crippen molar-refractivity contribution in [1.82, 2.24) is 10.6 Å². The van der Waals surface area contributed by atoms with Crippen molar-refractivity contribution in [3.63, 3.8) is 0 Å². The molecular weight excluding hydrogens is 290 g/mol. The number of carbonyl (C=O) groups is 3. The van der Waals surface area contributed by atoms with Gasteiger partial charge in [0, 0.05) is 0 Å². The normalized spacial score (nSPS) is 12.8. The molecule has 1 aromatic carbocycles. The average molecular weight is 309 g/mol. The lowest BCUT2D eigenvalue weighted by Gasteiger charge is -2.18. The molecule has 1 aromatic rings. The molecule has 2 atom stereocenters. The molecule has 5 N–H and O–H groups in total. The molecule has 22 heavy (non-hydrogen) atoms. The largest absolute Gasteiger partial charge is 0.445 e. The van der Waals surface area contributed by atoms with E-state index in [4.69, 9.17) is 15.6 Å². The number of hydrogen-bond donors (Lipinski definition) is 4. The van der Waals surface area contributed by atoms with Crippen molar-refractivity contribution >= 4 is 17.9 Å².